The van der Waals surface area contributed by atoms with E-state index in [4.69, 9.17) is 10.7 Å². The maximum atomic E-state index is 13.1. The highest BCUT2D eigenvalue weighted by Crippen LogP contribution is 2.45. The lowest BCUT2D eigenvalue weighted by atomic mass is 9.85. The lowest BCUT2D eigenvalue weighted by molar-refractivity contribution is 0.0556. The molecule has 0 aliphatic carbocycles. The highest BCUT2D eigenvalue weighted by Gasteiger charge is 2.46. The highest BCUT2D eigenvalue weighted by molar-refractivity contribution is 6.00. The van der Waals surface area contributed by atoms with Crippen LogP contribution < -0.4 is 5.73 Å². The van der Waals surface area contributed by atoms with Gasteiger partial charge in [-0.25, -0.2) is 9.97 Å². The van der Waals surface area contributed by atoms with Gasteiger partial charge in [-0.3, -0.25) is 19.7 Å². The summed E-state index contributed by atoms with van der Waals surface area (Å²) in [6.07, 6.45) is 8.09. The molecule has 7 rings (SSSR count). The molecule has 6 heterocycles. The molecule has 2 bridgehead atoms. The number of carbonyl (C=O) groups is 2. The van der Waals surface area contributed by atoms with Crippen LogP contribution in [0.25, 0.3) is 28.0 Å². The van der Waals surface area contributed by atoms with Gasteiger partial charge in [0.05, 0.1) is 23.1 Å². The molecular weight excluding hydrogens is 506 g/mol. The molecule has 2 aliphatic rings. The second kappa shape index (κ2) is 9.37. The largest absolute Gasteiger partial charge is 0.383 e. The minimum atomic E-state index is -0.161. The van der Waals surface area contributed by atoms with Crippen molar-refractivity contribution in [1.29, 1.82) is 0 Å². The Labute approximate surface area is 229 Å². The molecule has 5 aromatic rings. The number of carbonyl (C=O) groups excluding carboxylic acids is 2. The predicted molar refractivity (Wildman–Crippen MR) is 147 cm³/mol. The number of anilines is 1. The minimum Gasteiger partial charge on any atom is -0.383 e. The zero-order valence-electron chi connectivity index (χ0n) is 21.9. The number of benzene rings is 1. The Kier molecular flexibility index (Phi) is 5.65. The maximum Gasteiger partial charge on any atom is 0.294 e. The summed E-state index contributed by atoms with van der Waals surface area (Å²) in [6, 6.07) is 14.0. The van der Waals surface area contributed by atoms with E-state index in [2.05, 4.69) is 25.3 Å². The average molecular weight is 534 g/mol. The Bertz CT molecular complexity index is 1720. The molecule has 200 valence electrons. The van der Waals surface area contributed by atoms with Gasteiger partial charge in [0.15, 0.2) is 11.4 Å². The van der Waals surface area contributed by atoms with Gasteiger partial charge in [-0.1, -0.05) is 36.4 Å². The Morgan fingerprint density at radius 1 is 0.975 bits per heavy atom. The quantitative estimate of drug-likeness (QED) is 0.323. The number of nitrogen functional groups attached to an aromatic ring is 1. The molecule has 2 aliphatic heterocycles. The molecule has 3 N–H and O–H groups in total. The monoisotopic (exact) mass is 533 g/mol. The lowest BCUT2D eigenvalue weighted by Crippen LogP contribution is -2.46. The van der Waals surface area contributed by atoms with Crippen LogP contribution in [0.5, 0.6) is 0 Å². The van der Waals surface area contributed by atoms with Crippen molar-refractivity contribution in [3.63, 3.8) is 0 Å². The predicted octanol–water partition coefficient (Wildman–Crippen LogP) is 3.91. The normalized spacial score (nSPS) is 20.2. The standard InChI is InChI=1S/C29H27N9O2/c1-16(39)24-25(19-11-20-8-9-21(12-19)37(20)29(40)27-32-15-33-36-27)35-28-22(14-34-38(28)26(24)30)18-7-10-23(31-13-18)17-5-3-2-4-6-17/h2-7,10,13-15,19-21H,8-9,11-12,30H2,1H3,(H,32,33,36)/t19-,20-,21+. The third kappa shape index (κ3) is 3.84. The summed E-state index contributed by atoms with van der Waals surface area (Å²) in [6.45, 7) is 1.51. The van der Waals surface area contributed by atoms with Crippen molar-refractivity contribution in [1.82, 2.24) is 39.7 Å². The second-order valence-electron chi connectivity index (χ2n) is 10.5. The Morgan fingerprint density at radius 2 is 1.75 bits per heavy atom. The number of fused-ring (bicyclic) bond motifs is 3. The van der Waals surface area contributed by atoms with E-state index in [-0.39, 0.29) is 41.3 Å². The first kappa shape index (κ1) is 24.1. The molecule has 0 unspecified atom stereocenters. The van der Waals surface area contributed by atoms with Crippen LogP contribution in [0, 0.1) is 0 Å². The third-order valence-electron chi connectivity index (χ3n) is 8.17. The van der Waals surface area contributed by atoms with Crippen LogP contribution in [0.15, 0.2) is 61.2 Å². The number of rotatable bonds is 5. The van der Waals surface area contributed by atoms with Gasteiger partial charge in [0.2, 0.25) is 5.82 Å². The van der Waals surface area contributed by atoms with Crippen LogP contribution in [-0.2, 0) is 0 Å². The fourth-order valence-electron chi connectivity index (χ4n) is 6.38. The molecule has 1 aromatic carbocycles. The molecule has 11 heteroatoms. The first-order chi connectivity index (χ1) is 19.5. The lowest BCUT2D eigenvalue weighted by Gasteiger charge is -2.38. The molecule has 1 amide bonds. The van der Waals surface area contributed by atoms with Gasteiger partial charge in [-0.05, 0) is 38.7 Å². The Hall–Kier alpha value is -4.93. The molecule has 0 radical (unpaired) electrons. The summed E-state index contributed by atoms with van der Waals surface area (Å²) in [7, 11) is 0. The number of ketones is 1. The number of nitrogens with zero attached hydrogens (tertiary/aromatic N) is 7. The molecule has 40 heavy (non-hydrogen) atoms. The third-order valence-corrected chi connectivity index (χ3v) is 8.17. The number of amides is 1. The van der Waals surface area contributed by atoms with Crippen LogP contribution in [-0.4, -0.2) is 63.4 Å². The van der Waals surface area contributed by atoms with Crippen molar-refractivity contribution in [3.8, 4) is 22.4 Å². The van der Waals surface area contributed by atoms with E-state index in [1.165, 1.54) is 17.8 Å². The van der Waals surface area contributed by atoms with Gasteiger partial charge in [-0.2, -0.15) is 9.61 Å². The van der Waals surface area contributed by atoms with E-state index in [1.54, 1.807) is 6.20 Å². The van der Waals surface area contributed by atoms with E-state index < -0.39 is 0 Å². The summed E-state index contributed by atoms with van der Waals surface area (Å²) in [4.78, 5) is 41.7. The summed E-state index contributed by atoms with van der Waals surface area (Å²) < 4.78 is 1.54. The summed E-state index contributed by atoms with van der Waals surface area (Å²) in [5, 5.41) is 11.1. The second-order valence-corrected chi connectivity index (χ2v) is 10.5. The highest BCUT2D eigenvalue weighted by atomic mass is 16.2. The van der Waals surface area contributed by atoms with Crippen molar-refractivity contribution in [2.75, 3.05) is 5.73 Å². The number of nitrogens with two attached hydrogens (primary N) is 1. The van der Waals surface area contributed by atoms with E-state index in [0.29, 0.717) is 29.7 Å². The topological polar surface area (TPSA) is 148 Å². The van der Waals surface area contributed by atoms with Gasteiger partial charge in [0.25, 0.3) is 5.91 Å². The van der Waals surface area contributed by atoms with Gasteiger partial charge in [0, 0.05) is 40.9 Å². The molecule has 11 nitrogen and oxygen atoms in total. The molecule has 0 saturated carbocycles. The molecule has 4 aromatic heterocycles. The van der Waals surface area contributed by atoms with E-state index in [0.717, 1.165) is 35.2 Å². The fourth-order valence-corrected chi connectivity index (χ4v) is 6.38. The van der Waals surface area contributed by atoms with Crippen LogP contribution in [0.1, 0.15) is 65.2 Å². The SMILES string of the molecule is CC(=O)c1c([C@@H]2C[C@H]3CC[C@@H](C2)N3C(=O)c2nc[nH]n2)nc2c(-c3ccc(-c4ccccc4)nc3)cnn2c1N. The van der Waals surface area contributed by atoms with Crippen molar-refractivity contribution in [3.05, 3.63) is 78.3 Å². The van der Waals surface area contributed by atoms with Crippen LogP contribution >= 0.6 is 0 Å². The van der Waals surface area contributed by atoms with Gasteiger partial charge in [-0.15, -0.1) is 5.10 Å². The molecule has 0 spiro atoms. The number of pyridine rings is 1. The average Bonchev–Trinajstić information content (AvgIpc) is 3.71. The van der Waals surface area contributed by atoms with Crippen LogP contribution in [0.4, 0.5) is 5.82 Å². The zero-order valence-corrected chi connectivity index (χ0v) is 21.9. The first-order valence-corrected chi connectivity index (χ1v) is 13.4. The van der Waals surface area contributed by atoms with Gasteiger partial charge in [0.1, 0.15) is 12.1 Å². The number of aromatic nitrogens is 7. The van der Waals surface area contributed by atoms with Crippen LogP contribution in [0.2, 0.25) is 0 Å². The number of hydrogen-bond donors (Lipinski definition) is 2. The van der Waals surface area contributed by atoms with Crippen LogP contribution in [0.3, 0.4) is 0 Å². The minimum absolute atomic E-state index is 0.0212. The molecule has 3 atom stereocenters. The van der Waals surface area contributed by atoms with Crippen molar-refractivity contribution >= 4 is 23.2 Å². The number of aromatic amines is 1. The van der Waals surface area contributed by atoms with E-state index in [9.17, 15) is 9.59 Å². The first-order valence-electron chi connectivity index (χ1n) is 13.4. The summed E-state index contributed by atoms with van der Waals surface area (Å²) >= 11 is 0. The van der Waals surface area contributed by atoms with Crippen molar-refractivity contribution in [2.45, 2.75) is 50.6 Å². The smallest absolute Gasteiger partial charge is 0.294 e. The van der Waals surface area contributed by atoms with Gasteiger partial charge >= 0.3 is 0 Å². The number of hydrogen-bond acceptors (Lipinski definition) is 8. The zero-order chi connectivity index (χ0) is 27.4. The number of piperidine rings is 1. The Balaban J connectivity index is 1.26. The molecular formula is C29H27N9O2. The van der Waals surface area contributed by atoms with Gasteiger partial charge < -0.3 is 10.6 Å². The summed E-state index contributed by atoms with van der Waals surface area (Å²) in [5.74, 6) is 0.116. The fraction of sp³-hybridized carbons (Fsp3) is 0.276. The number of nitrogens with one attached hydrogen (secondary N) is 1. The van der Waals surface area contributed by atoms with E-state index in [1.807, 2.05) is 53.6 Å². The maximum absolute atomic E-state index is 13.1. The number of Topliss-reactive ketones (excluding diaryl/α,β-unsaturated/α-hetero) is 1. The summed E-state index contributed by atoms with van der Waals surface area (Å²) in [5.41, 5.74) is 11.8. The molecule has 2 saturated heterocycles. The number of H-pyrrole nitrogens is 1. The van der Waals surface area contributed by atoms with Crippen molar-refractivity contribution in [2.24, 2.45) is 0 Å². The molecule has 2 fully saturated rings. The Morgan fingerprint density at radius 3 is 2.40 bits per heavy atom. The van der Waals surface area contributed by atoms with Crippen molar-refractivity contribution < 1.29 is 9.59 Å². The van der Waals surface area contributed by atoms with E-state index >= 15 is 0 Å².